The van der Waals surface area contributed by atoms with Gasteiger partial charge < -0.3 is 10.6 Å². The molecule has 8 heteroatoms. The van der Waals surface area contributed by atoms with Crippen LogP contribution in [0, 0.1) is 0 Å². The topological polar surface area (TPSA) is 82.7 Å². The number of benzene rings is 1. The summed E-state index contributed by atoms with van der Waals surface area (Å²) in [5.41, 5.74) is 3.58. The van der Waals surface area contributed by atoms with Crippen LogP contribution in [0.2, 0.25) is 0 Å². The molecule has 0 saturated heterocycles. The van der Waals surface area contributed by atoms with E-state index in [-0.39, 0.29) is 24.4 Å². The molecule has 0 saturated carbocycles. The van der Waals surface area contributed by atoms with Crippen LogP contribution >= 0.6 is 23.7 Å². The van der Waals surface area contributed by atoms with E-state index in [1.165, 1.54) is 4.70 Å². The summed E-state index contributed by atoms with van der Waals surface area (Å²) in [6.07, 6.45) is 1.60. The fraction of sp³-hybridized carbons (Fsp3) is 0.353. The lowest BCUT2D eigenvalue weighted by molar-refractivity contribution is 0.0934. The normalized spacial score (nSPS) is 14.6. The number of hydrogen-bond donors (Lipinski definition) is 3. The quantitative estimate of drug-likeness (QED) is 0.652. The Morgan fingerprint density at radius 2 is 2.24 bits per heavy atom. The van der Waals surface area contributed by atoms with Crippen LogP contribution < -0.4 is 10.6 Å². The van der Waals surface area contributed by atoms with Crippen molar-refractivity contribution < 1.29 is 4.79 Å². The Morgan fingerprint density at radius 3 is 3.08 bits per heavy atom. The van der Waals surface area contributed by atoms with Crippen molar-refractivity contribution in [1.82, 2.24) is 25.8 Å². The van der Waals surface area contributed by atoms with Gasteiger partial charge in [-0.25, -0.2) is 4.98 Å². The van der Waals surface area contributed by atoms with Gasteiger partial charge in [-0.05, 0) is 19.1 Å². The predicted octanol–water partition coefficient (Wildman–Crippen LogP) is 2.45. The van der Waals surface area contributed by atoms with Crippen molar-refractivity contribution in [3.8, 4) is 0 Å². The minimum atomic E-state index is -0.121. The first-order valence-electron chi connectivity index (χ1n) is 8.13. The predicted molar refractivity (Wildman–Crippen MR) is 101 cm³/mol. The highest BCUT2D eigenvalue weighted by Crippen LogP contribution is 2.22. The number of aromatic amines is 1. The lowest BCUT2D eigenvalue weighted by atomic mass is 10.1. The lowest BCUT2D eigenvalue weighted by Gasteiger charge is -2.15. The van der Waals surface area contributed by atoms with Gasteiger partial charge in [0.1, 0.15) is 0 Å². The van der Waals surface area contributed by atoms with E-state index in [0.29, 0.717) is 12.2 Å². The second-order valence-electron chi connectivity index (χ2n) is 6.11. The first-order valence-corrected chi connectivity index (χ1v) is 8.94. The lowest BCUT2D eigenvalue weighted by Crippen LogP contribution is -2.35. The number of rotatable bonds is 4. The first kappa shape index (κ1) is 17.8. The molecule has 3 N–H and O–H groups in total. The molecular formula is C17H20ClN5OS. The second kappa shape index (κ2) is 7.51. The van der Waals surface area contributed by atoms with Gasteiger partial charge in [-0.1, -0.05) is 12.1 Å². The molecule has 0 fully saturated rings. The fourth-order valence-electron chi connectivity index (χ4n) is 3.03. The van der Waals surface area contributed by atoms with Crippen LogP contribution in [0.3, 0.4) is 0 Å². The summed E-state index contributed by atoms with van der Waals surface area (Å²) < 4.78 is 1.18. The Balaban J connectivity index is 0.00000182. The summed E-state index contributed by atoms with van der Waals surface area (Å²) >= 11 is 1.68. The highest BCUT2D eigenvalue weighted by atomic mass is 35.5. The number of halogens is 1. The maximum Gasteiger partial charge on any atom is 0.272 e. The molecule has 0 spiro atoms. The minimum absolute atomic E-state index is 0. The van der Waals surface area contributed by atoms with E-state index in [1.54, 1.807) is 11.3 Å². The number of H-pyrrole nitrogens is 1. The number of para-hydroxylation sites is 1. The summed E-state index contributed by atoms with van der Waals surface area (Å²) in [6, 6.07) is 8.10. The molecule has 1 aromatic carbocycles. The molecule has 1 amide bonds. The fourth-order valence-corrected chi connectivity index (χ4v) is 4.12. The van der Waals surface area contributed by atoms with E-state index in [4.69, 9.17) is 0 Å². The van der Waals surface area contributed by atoms with E-state index in [1.807, 2.05) is 25.1 Å². The van der Waals surface area contributed by atoms with Gasteiger partial charge in [-0.15, -0.1) is 23.7 Å². The number of fused-ring (bicyclic) bond motifs is 2. The third-order valence-electron chi connectivity index (χ3n) is 4.22. The van der Waals surface area contributed by atoms with Gasteiger partial charge in [0, 0.05) is 43.2 Å². The van der Waals surface area contributed by atoms with Crippen molar-refractivity contribution in [2.24, 2.45) is 0 Å². The summed E-state index contributed by atoms with van der Waals surface area (Å²) in [7, 11) is 0. The third kappa shape index (κ3) is 3.68. The van der Waals surface area contributed by atoms with Gasteiger partial charge in [-0.2, -0.15) is 5.10 Å². The molecule has 2 aromatic heterocycles. The molecule has 25 heavy (non-hydrogen) atoms. The van der Waals surface area contributed by atoms with Crippen molar-refractivity contribution in [1.29, 1.82) is 0 Å². The molecule has 0 radical (unpaired) electrons. The molecule has 1 aliphatic heterocycles. The molecule has 1 unspecified atom stereocenters. The number of hydrogen-bond acceptors (Lipinski definition) is 5. The molecule has 0 bridgehead atoms. The van der Waals surface area contributed by atoms with Gasteiger partial charge in [0.05, 0.1) is 15.2 Å². The molecule has 3 heterocycles. The highest BCUT2D eigenvalue weighted by Gasteiger charge is 2.22. The van der Waals surface area contributed by atoms with Crippen LogP contribution in [0.15, 0.2) is 24.3 Å². The number of carbonyl (C=O) groups excluding carboxylic acids is 1. The van der Waals surface area contributed by atoms with Crippen LogP contribution in [-0.4, -0.2) is 33.7 Å². The highest BCUT2D eigenvalue weighted by molar-refractivity contribution is 7.18. The monoisotopic (exact) mass is 377 g/mol. The first-order chi connectivity index (χ1) is 11.7. The number of carbonyl (C=O) groups is 1. The summed E-state index contributed by atoms with van der Waals surface area (Å²) in [6.45, 7) is 3.62. The standard InChI is InChI=1S/C17H19N5OS.ClH/c1-10(8-15-20-13-4-2-3-5-14(13)24-15)19-17(23)16-11-9-18-7-6-12(11)21-22-16;/h2-5,10,18H,6-9H2,1H3,(H,19,23)(H,21,22);1H. The van der Waals surface area contributed by atoms with E-state index in [2.05, 4.69) is 31.9 Å². The van der Waals surface area contributed by atoms with Crippen LogP contribution in [0.5, 0.6) is 0 Å². The van der Waals surface area contributed by atoms with Crippen LogP contribution in [0.4, 0.5) is 0 Å². The van der Waals surface area contributed by atoms with Crippen LogP contribution in [0.1, 0.15) is 33.7 Å². The maximum atomic E-state index is 12.5. The Kier molecular flexibility index (Phi) is 5.36. The Labute approximate surface area is 155 Å². The largest absolute Gasteiger partial charge is 0.348 e. The zero-order chi connectivity index (χ0) is 16.5. The van der Waals surface area contributed by atoms with E-state index < -0.39 is 0 Å². The Hall–Kier alpha value is -1.96. The Bertz CT molecular complexity index is 857. The average Bonchev–Trinajstić information content (AvgIpc) is 3.17. The van der Waals surface area contributed by atoms with E-state index in [9.17, 15) is 4.79 Å². The molecule has 132 valence electrons. The number of aromatic nitrogens is 3. The zero-order valence-electron chi connectivity index (χ0n) is 13.8. The molecule has 1 aliphatic rings. The molecule has 3 aromatic rings. The molecule has 0 aliphatic carbocycles. The van der Waals surface area contributed by atoms with Crippen LogP contribution in [0.25, 0.3) is 10.2 Å². The smallest absolute Gasteiger partial charge is 0.272 e. The molecule has 4 rings (SSSR count). The maximum absolute atomic E-state index is 12.5. The average molecular weight is 378 g/mol. The molecular weight excluding hydrogens is 358 g/mol. The van der Waals surface area contributed by atoms with E-state index >= 15 is 0 Å². The molecule has 6 nitrogen and oxygen atoms in total. The van der Waals surface area contributed by atoms with Crippen molar-refractivity contribution in [2.45, 2.75) is 32.4 Å². The second-order valence-corrected chi connectivity index (χ2v) is 7.23. The molecule has 1 atom stereocenters. The Morgan fingerprint density at radius 1 is 1.40 bits per heavy atom. The van der Waals surface area contributed by atoms with Gasteiger partial charge in [-0.3, -0.25) is 9.89 Å². The SMILES string of the molecule is CC(Cc1nc2ccccc2s1)NC(=O)c1n[nH]c2c1CNCC2.Cl. The minimum Gasteiger partial charge on any atom is -0.348 e. The van der Waals surface area contributed by atoms with Crippen molar-refractivity contribution in [3.05, 3.63) is 46.2 Å². The van der Waals surface area contributed by atoms with Crippen molar-refractivity contribution in [3.63, 3.8) is 0 Å². The number of nitrogens with zero attached hydrogens (tertiary/aromatic N) is 2. The number of amides is 1. The number of thiazole rings is 1. The van der Waals surface area contributed by atoms with Gasteiger partial charge in [0.15, 0.2) is 5.69 Å². The summed E-state index contributed by atoms with van der Waals surface area (Å²) in [5, 5.41) is 14.6. The summed E-state index contributed by atoms with van der Waals surface area (Å²) in [4.78, 5) is 17.1. The van der Waals surface area contributed by atoms with Crippen LogP contribution in [-0.2, 0) is 19.4 Å². The van der Waals surface area contributed by atoms with Gasteiger partial charge in [0.2, 0.25) is 0 Å². The zero-order valence-corrected chi connectivity index (χ0v) is 15.5. The number of nitrogens with one attached hydrogen (secondary N) is 3. The van der Waals surface area contributed by atoms with Gasteiger partial charge >= 0.3 is 0 Å². The third-order valence-corrected chi connectivity index (χ3v) is 5.28. The summed E-state index contributed by atoms with van der Waals surface area (Å²) in [5.74, 6) is -0.121. The van der Waals surface area contributed by atoms with E-state index in [0.717, 1.165) is 41.2 Å². The van der Waals surface area contributed by atoms with Crippen molar-refractivity contribution >= 4 is 39.9 Å². The van der Waals surface area contributed by atoms with Gasteiger partial charge in [0.25, 0.3) is 5.91 Å². The van der Waals surface area contributed by atoms with Crippen molar-refractivity contribution in [2.75, 3.05) is 6.54 Å².